The molecule has 2 heteroatoms. The average molecular weight is 297 g/mol. The zero-order valence-corrected chi connectivity index (χ0v) is 14.1. The Morgan fingerprint density at radius 1 is 1.19 bits per heavy atom. The van der Waals surface area contributed by atoms with Gasteiger partial charge in [0, 0.05) is 11.8 Å². The van der Waals surface area contributed by atoms with E-state index in [9.17, 15) is 0 Å². The highest BCUT2D eigenvalue weighted by atomic mass is 32.1. The van der Waals surface area contributed by atoms with Crippen LogP contribution in [0.1, 0.15) is 44.4 Å². The molecule has 1 nitrogen and oxygen atoms in total. The van der Waals surface area contributed by atoms with Crippen LogP contribution in [0.4, 0.5) is 0 Å². The van der Waals surface area contributed by atoms with Crippen LogP contribution in [0, 0.1) is 5.92 Å². The summed E-state index contributed by atoms with van der Waals surface area (Å²) in [6, 6.07) is 4.21. The number of nitrogens with zero attached hydrogens (tertiary/aromatic N) is 1. The van der Waals surface area contributed by atoms with Crippen molar-refractivity contribution in [2.45, 2.75) is 33.1 Å². The smallest absolute Gasteiger partial charge is 0.0882 e. The highest BCUT2D eigenvalue weighted by Gasteiger charge is 2.29. The van der Waals surface area contributed by atoms with E-state index in [0.717, 1.165) is 16.8 Å². The number of thiophene rings is 1. The van der Waals surface area contributed by atoms with E-state index in [1.54, 1.807) is 11.3 Å². The fourth-order valence-electron chi connectivity index (χ4n) is 2.37. The minimum Gasteiger partial charge on any atom is -0.255 e. The molecule has 0 aliphatic carbocycles. The molecule has 2 aromatic rings. The summed E-state index contributed by atoms with van der Waals surface area (Å²) < 4.78 is 0. The standard InChI is InChI=1S/C19H23NS/c1-7-14-9-11-20-17(15(14)8-2)18-16(10-12-21-18)19(5,6)13(3)4/h7-13H,1-2H2,3-6H3. The Kier molecular flexibility index (Phi) is 4.48. The molecular formula is C19H23NS. The number of pyridine rings is 1. The number of hydrogen-bond acceptors (Lipinski definition) is 2. The van der Waals surface area contributed by atoms with Gasteiger partial charge in [0.15, 0.2) is 0 Å². The van der Waals surface area contributed by atoms with E-state index in [-0.39, 0.29) is 5.41 Å². The molecule has 2 heterocycles. The quantitative estimate of drug-likeness (QED) is 0.656. The number of hydrogen-bond donors (Lipinski definition) is 0. The number of aromatic nitrogens is 1. The molecule has 0 aromatic carbocycles. The lowest BCUT2D eigenvalue weighted by Crippen LogP contribution is -2.24. The van der Waals surface area contributed by atoms with Crippen molar-refractivity contribution in [1.82, 2.24) is 4.98 Å². The van der Waals surface area contributed by atoms with Crippen LogP contribution in [-0.4, -0.2) is 4.98 Å². The first kappa shape index (κ1) is 15.7. The Bertz CT molecular complexity index is 662. The van der Waals surface area contributed by atoms with Crippen molar-refractivity contribution in [3.8, 4) is 10.6 Å². The molecule has 0 unspecified atom stereocenters. The molecule has 21 heavy (non-hydrogen) atoms. The lowest BCUT2D eigenvalue weighted by molar-refractivity contribution is 0.374. The maximum absolute atomic E-state index is 4.63. The predicted octanol–water partition coefficient (Wildman–Crippen LogP) is 6.03. The van der Waals surface area contributed by atoms with Gasteiger partial charge in [0.25, 0.3) is 0 Å². The summed E-state index contributed by atoms with van der Waals surface area (Å²) in [6.07, 6.45) is 5.60. The van der Waals surface area contributed by atoms with Crippen molar-refractivity contribution >= 4 is 23.5 Å². The molecule has 0 atom stereocenters. The molecule has 2 aromatic heterocycles. The van der Waals surface area contributed by atoms with Gasteiger partial charge >= 0.3 is 0 Å². The van der Waals surface area contributed by atoms with Crippen LogP contribution in [0.15, 0.2) is 36.9 Å². The predicted molar refractivity (Wildman–Crippen MR) is 95.6 cm³/mol. The summed E-state index contributed by atoms with van der Waals surface area (Å²) in [4.78, 5) is 5.87. The Hall–Kier alpha value is -1.67. The fourth-order valence-corrected chi connectivity index (χ4v) is 3.45. The van der Waals surface area contributed by atoms with Crippen molar-refractivity contribution < 1.29 is 0 Å². The second-order valence-corrected chi connectivity index (χ2v) is 7.03. The second kappa shape index (κ2) is 5.98. The van der Waals surface area contributed by atoms with Crippen molar-refractivity contribution in [2.75, 3.05) is 0 Å². The molecule has 0 saturated carbocycles. The number of rotatable bonds is 5. The van der Waals surface area contributed by atoms with E-state index in [1.165, 1.54) is 10.4 Å². The topological polar surface area (TPSA) is 12.9 Å². The maximum atomic E-state index is 4.63. The Morgan fingerprint density at radius 3 is 2.48 bits per heavy atom. The molecule has 2 rings (SSSR count). The van der Waals surface area contributed by atoms with E-state index in [2.05, 4.69) is 57.3 Å². The van der Waals surface area contributed by atoms with Crippen LogP contribution in [0.3, 0.4) is 0 Å². The minimum absolute atomic E-state index is 0.111. The zero-order valence-electron chi connectivity index (χ0n) is 13.3. The Balaban J connectivity index is 2.68. The molecule has 0 saturated heterocycles. The summed E-state index contributed by atoms with van der Waals surface area (Å²) in [5.74, 6) is 0.556. The van der Waals surface area contributed by atoms with Crippen LogP contribution >= 0.6 is 11.3 Å². The van der Waals surface area contributed by atoms with Crippen LogP contribution in [-0.2, 0) is 5.41 Å². The van der Waals surface area contributed by atoms with Gasteiger partial charge in [0.1, 0.15) is 0 Å². The lowest BCUT2D eigenvalue weighted by Gasteiger charge is -2.30. The third-order valence-electron chi connectivity index (χ3n) is 4.47. The highest BCUT2D eigenvalue weighted by molar-refractivity contribution is 7.13. The summed E-state index contributed by atoms with van der Waals surface area (Å²) in [7, 11) is 0. The summed E-state index contributed by atoms with van der Waals surface area (Å²) in [6.45, 7) is 17.0. The summed E-state index contributed by atoms with van der Waals surface area (Å²) in [5, 5.41) is 2.16. The lowest BCUT2D eigenvalue weighted by atomic mass is 9.75. The molecule has 0 aliphatic rings. The van der Waals surface area contributed by atoms with Gasteiger partial charge in [0.2, 0.25) is 0 Å². The molecule has 0 spiro atoms. The summed E-state index contributed by atoms with van der Waals surface area (Å²) in [5.41, 5.74) is 4.63. The van der Waals surface area contributed by atoms with Crippen LogP contribution in [0.5, 0.6) is 0 Å². The fraction of sp³-hybridized carbons (Fsp3) is 0.316. The van der Waals surface area contributed by atoms with E-state index in [4.69, 9.17) is 0 Å². The van der Waals surface area contributed by atoms with Crippen molar-refractivity contribution in [3.05, 3.63) is 53.6 Å². The molecular weight excluding hydrogens is 274 g/mol. The maximum Gasteiger partial charge on any atom is 0.0882 e. The third kappa shape index (κ3) is 2.73. The van der Waals surface area contributed by atoms with Gasteiger partial charge in [-0.05, 0) is 40.0 Å². The van der Waals surface area contributed by atoms with Crippen LogP contribution in [0.25, 0.3) is 22.7 Å². The minimum atomic E-state index is 0.111. The largest absolute Gasteiger partial charge is 0.255 e. The van der Waals surface area contributed by atoms with Gasteiger partial charge in [-0.1, -0.05) is 53.0 Å². The molecule has 0 aliphatic heterocycles. The Labute approximate surface area is 132 Å². The molecule has 0 N–H and O–H groups in total. The van der Waals surface area contributed by atoms with Gasteiger partial charge in [-0.2, -0.15) is 0 Å². The molecule has 0 fully saturated rings. The van der Waals surface area contributed by atoms with Crippen LogP contribution < -0.4 is 0 Å². The first-order valence-corrected chi connectivity index (χ1v) is 8.13. The van der Waals surface area contributed by atoms with Gasteiger partial charge in [-0.3, -0.25) is 4.98 Å². The van der Waals surface area contributed by atoms with Gasteiger partial charge in [-0.25, -0.2) is 0 Å². The van der Waals surface area contributed by atoms with Crippen LogP contribution in [0.2, 0.25) is 0 Å². The van der Waals surface area contributed by atoms with Crippen molar-refractivity contribution in [1.29, 1.82) is 0 Å². The van der Waals surface area contributed by atoms with Gasteiger partial charge < -0.3 is 0 Å². The summed E-state index contributed by atoms with van der Waals surface area (Å²) >= 11 is 1.75. The van der Waals surface area contributed by atoms with E-state index in [0.29, 0.717) is 5.92 Å². The van der Waals surface area contributed by atoms with E-state index in [1.807, 2.05) is 24.4 Å². The first-order chi connectivity index (χ1) is 9.93. The van der Waals surface area contributed by atoms with Gasteiger partial charge in [0.05, 0.1) is 10.6 Å². The molecule has 0 amide bonds. The van der Waals surface area contributed by atoms with E-state index < -0.39 is 0 Å². The Morgan fingerprint density at radius 2 is 1.90 bits per heavy atom. The first-order valence-electron chi connectivity index (χ1n) is 7.25. The van der Waals surface area contributed by atoms with Crippen molar-refractivity contribution in [2.24, 2.45) is 5.92 Å². The molecule has 0 radical (unpaired) electrons. The van der Waals surface area contributed by atoms with Crippen molar-refractivity contribution in [3.63, 3.8) is 0 Å². The van der Waals surface area contributed by atoms with Gasteiger partial charge in [-0.15, -0.1) is 11.3 Å². The second-order valence-electron chi connectivity index (χ2n) is 6.11. The SMILES string of the molecule is C=Cc1ccnc(-c2sccc2C(C)(C)C(C)C)c1C=C. The molecule has 110 valence electrons. The normalized spacial score (nSPS) is 11.7. The average Bonchev–Trinajstić information content (AvgIpc) is 2.95. The third-order valence-corrected chi connectivity index (χ3v) is 5.39. The highest BCUT2D eigenvalue weighted by Crippen LogP contribution is 2.42. The monoisotopic (exact) mass is 297 g/mol. The zero-order chi connectivity index (χ0) is 15.6. The van der Waals surface area contributed by atoms with E-state index >= 15 is 0 Å². The molecule has 0 bridgehead atoms.